The first-order valence-electron chi connectivity index (χ1n) is 7.11. The Balaban J connectivity index is 2.03. The average molecular weight is 285 g/mol. The van der Waals surface area contributed by atoms with Crippen molar-refractivity contribution in [3.8, 4) is 5.75 Å². The molecular formula is C15H24FNO3. The molecule has 0 bridgehead atoms. The summed E-state index contributed by atoms with van der Waals surface area (Å²) in [5.41, 5.74) is 0. The number of hydrogen-bond acceptors (Lipinski definition) is 4. The van der Waals surface area contributed by atoms with Crippen molar-refractivity contribution in [2.24, 2.45) is 0 Å². The Hall–Kier alpha value is -1.17. The Morgan fingerprint density at radius 3 is 2.65 bits per heavy atom. The van der Waals surface area contributed by atoms with Crippen LogP contribution in [0.4, 0.5) is 4.39 Å². The number of hydrogen-bond donors (Lipinski definition) is 3. The fraction of sp³-hybridized carbons (Fsp3) is 0.600. The number of rotatable bonds is 11. The highest BCUT2D eigenvalue weighted by molar-refractivity contribution is 5.23. The third-order valence-electron chi connectivity index (χ3n) is 2.91. The van der Waals surface area contributed by atoms with Gasteiger partial charge in [0, 0.05) is 13.2 Å². The number of unbranched alkanes of at least 4 members (excludes halogenated alkanes) is 3. The number of benzene rings is 1. The van der Waals surface area contributed by atoms with Crippen LogP contribution in [0.25, 0.3) is 0 Å². The molecule has 0 aromatic heterocycles. The molecule has 0 aliphatic heterocycles. The zero-order valence-corrected chi connectivity index (χ0v) is 11.7. The SMILES string of the molecule is OCCCCCCNCC(O)COc1ccccc1F. The molecule has 3 N–H and O–H groups in total. The van der Waals surface area contributed by atoms with E-state index in [0.29, 0.717) is 6.54 Å². The van der Waals surface area contributed by atoms with Crippen molar-refractivity contribution in [1.29, 1.82) is 0 Å². The molecule has 0 spiro atoms. The molecule has 0 saturated heterocycles. The summed E-state index contributed by atoms with van der Waals surface area (Å²) in [4.78, 5) is 0. The minimum Gasteiger partial charge on any atom is -0.488 e. The zero-order valence-electron chi connectivity index (χ0n) is 11.7. The molecule has 0 aliphatic rings. The van der Waals surface area contributed by atoms with E-state index in [-0.39, 0.29) is 19.0 Å². The van der Waals surface area contributed by atoms with E-state index in [1.165, 1.54) is 12.1 Å². The third kappa shape index (κ3) is 7.43. The van der Waals surface area contributed by atoms with Crippen LogP contribution in [-0.2, 0) is 0 Å². The van der Waals surface area contributed by atoms with Crippen LogP contribution in [0.3, 0.4) is 0 Å². The van der Waals surface area contributed by atoms with Crippen molar-refractivity contribution >= 4 is 0 Å². The Kier molecular flexibility index (Phi) is 8.95. The van der Waals surface area contributed by atoms with Crippen molar-refractivity contribution in [1.82, 2.24) is 5.32 Å². The maximum atomic E-state index is 13.3. The molecule has 0 radical (unpaired) electrons. The second kappa shape index (κ2) is 10.6. The lowest BCUT2D eigenvalue weighted by Gasteiger charge is -2.13. The quantitative estimate of drug-likeness (QED) is 0.542. The maximum Gasteiger partial charge on any atom is 0.165 e. The van der Waals surface area contributed by atoms with Crippen molar-refractivity contribution in [2.45, 2.75) is 31.8 Å². The molecule has 0 fully saturated rings. The number of ether oxygens (including phenoxy) is 1. The molecule has 0 amide bonds. The predicted octanol–water partition coefficient (Wildman–Crippen LogP) is 1.71. The standard InChI is InChI=1S/C15H24FNO3/c16-14-7-3-4-8-15(14)20-12-13(19)11-17-9-5-1-2-6-10-18/h3-4,7-8,13,17-19H,1-2,5-6,9-12H2. The minimum atomic E-state index is -0.660. The van der Waals surface area contributed by atoms with Crippen LogP contribution in [0.5, 0.6) is 5.75 Å². The number of para-hydroxylation sites is 1. The topological polar surface area (TPSA) is 61.7 Å². The van der Waals surface area contributed by atoms with Crippen LogP contribution in [0.15, 0.2) is 24.3 Å². The molecule has 20 heavy (non-hydrogen) atoms. The molecular weight excluding hydrogens is 261 g/mol. The molecule has 1 aromatic carbocycles. The normalized spacial score (nSPS) is 12.3. The Morgan fingerprint density at radius 2 is 1.90 bits per heavy atom. The number of nitrogens with one attached hydrogen (secondary N) is 1. The van der Waals surface area contributed by atoms with Crippen molar-refractivity contribution < 1.29 is 19.3 Å². The van der Waals surface area contributed by atoms with Crippen LogP contribution in [-0.4, -0.2) is 42.6 Å². The molecule has 1 aromatic rings. The van der Waals surface area contributed by atoms with Gasteiger partial charge in [0.25, 0.3) is 0 Å². The molecule has 4 nitrogen and oxygen atoms in total. The second-order valence-electron chi connectivity index (χ2n) is 4.74. The Bertz CT molecular complexity index is 363. The van der Waals surface area contributed by atoms with E-state index in [0.717, 1.165) is 32.2 Å². The van der Waals surface area contributed by atoms with Crippen molar-refractivity contribution in [3.63, 3.8) is 0 Å². The van der Waals surface area contributed by atoms with Crippen LogP contribution in [0.2, 0.25) is 0 Å². The summed E-state index contributed by atoms with van der Waals surface area (Å²) < 4.78 is 18.5. The summed E-state index contributed by atoms with van der Waals surface area (Å²) in [5.74, 6) is -0.257. The monoisotopic (exact) mass is 285 g/mol. The summed E-state index contributed by atoms with van der Waals surface area (Å²) in [5, 5.41) is 21.5. The lowest BCUT2D eigenvalue weighted by Crippen LogP contribution is -2.32. The molecule has 0 heterocycles. The number of halogens is 1. The van der Waals surface area contributed by atoms with Gasteiger partial charge in [-0.05, 0) is 31.5 Å². The second-order valence-corrected chi connectivity index (χ2v) is 4.74. The fourth-order valence-corrected chi connectivity index (χ4v) is 1.79. The van der Waals surface area contributed by atoms with Gasteiger partial charge in [-0.15, -0.1) is 0 Å². The molecule has 1 rings (SSSR count). The summed E-state index contributed by atoms with van der Waals surface area (Å²) in [6.45, 7) is 1.56. The van der Waals surface area contributed by atoms with E-state index in [1.807, 2.05) is 0 Å². The van der Waals surface area contributed by atoms with Gasteiger partial charge in [-0.3, -0.25) is 0 Å². The van der Waals surface area contributed by atoms with Gasteiger partial charge in [0.05, 0.1) is 0 Å². The largest absolute Gasteiger partial charge is 0.488 e. The number of aliphatic hydroxyl groups excluding tert-OH is 2. The van der Waals surface area contributed by atoms with E-state index < -0.39 is 11.9 Å². The number of aliphatic hydroxyl groups is 2. The van der Waals surface area contributed by atoms with Gasteiger partial charge < -0.3 is 20.3 Å². The van der Waals surface area contributed by atoms with Crippen LogP contribution in [0, 0.1) is 5.82 Å². The highest BCUT2D eigenvalue weighted by Gasteiger charge is 2.07. The first-order valence-corrected chi connectivity index (χ1v) is 7.11. The lowest BCUT2D eigenvalue weighted by atomic mass is 10.2. The van der Waals surface area contributed by atoms with Gasteiger partial charge >= 0.3 is 0 Å². The molecule has 0 saturated carbocycles. The van der Waals surface area contributed by atoms with Crippen LogP contribution < -0.4 is 10.1 Å². The smallest absolute Gasteiger partial charge is 0.165 e. The summed E-state index contributed by atoms with van der Waals surface area (Å²) >= 11 is 0. The first kappa shape index (κ1) is 16.9. The van der Waals surface area contributed by atoms with E-state index in [2.05, 4.69) is 5.32 Å². The summed E-state index contributed by atoms with van der Waals surface area (Å²) in [7, 11) is 0. The minimum absolute atomic E-state index is 0.0679. The van der Waals surface area contributed by atoms with E-state index in [1.54, 1.807) is 12.1 Å². The van der Waals surface area contributed by atoms with Gasteiger partial charge in [-0.2, -0.15) is 0 Å². The zero-order chi connectivity index (χ0) is 14.6. The van der Waals surface area contributed by atoms with Gasteiger partial charge in [-0.25, -0.2) is 4.39 Å². The Morgan fingerprint density at radius 1 is 1.15 bits per heavy atom. The van der Waals surface area contributed by atoms with Crippen molar-refractivity contribution in [2.75, 3.05) is 26.3 Å². The molecule has 0 aliphatic carbocycles. The Labute approximate surface area is 119 Å². The first-order chi connectivity index (χ1) is 9.74. The van der Waals surface area contributed by atoms with Crippen molar-refractivity contribution in [3.05, 3.63) is 30.1 Å². The molecule has 114 valence electrons. The van der Waals surface area contributed by atoms with E-state index in [4.69, 9.17) is 9.84 Å². The van der Waals surface area contributed by atoms with E-state index in [9.17, 15) is 9.50 Å². The fourth-order valence-electron chi connectivity index (χ4n) is 1.79. The van der Waals surface area contributed by atoms with Crippen LogP contribution in [0.1, 0.15) is 25.7 Å². The highest BCUT2D eigenvalue weighted by Crippen LogP contribution is 2.15. The predicted molar refractivity (Wildman–Crippen MR) is 76.3 cm³/mol. The average Bonchev–Trinajstić information content (AvgIpc) is 2.45. The van der Waals surface area contributed by atoms with Gasteiger partial charge in [0.2, 0.25) is 0 Å². The van der Waals surface area contributed by atoms with Gasteiger partial charge in [0.1, 0.15) is 12.7 Å². The molecule has 5 heteroatoms. The molecule has 1 atom stereocenters. The maximum absolute atomic E-state index is 13.3. The lowest BCUT2D eigenvalue weighted by molar-refractivity contribution is 0.104. The van der Waals surface area contributed by atoms with Gasteiger partial charge in [0.15, 0.2) is 11.6 Å². The third-order valence-corrected chi connectivity index (χ3v) is 2.91. The van der Waals surface area contributed by atoms with E-state index >= 15 is 0 Å². The summed E-state index contributed by atoms with van der Waals surface area (Å²) in [6, 6.07) is 6.15. The molecule has 1 unspecified atom stereocenters. The van der Waals surface area contributed by atoms with Crippen LogP contribution >= 0.6 is 0 Å². The van der Waals surface area contributed by atoms with Gasteiger partial charge in [-0.1, -0.05) is 25.0 Å². The summed E-state index contributed by atoms with van der Waals surface area (Å²) in [6.07, 6.45) is 3.29. The highest BCUT2D eigenvalue weighted by atomic mass is 19.1.